The van der Waals surface area contributed by atoms with Crippen molar-refractivity contribution < 1.29 is 18.0 Å². The molecule has 3 aromatic rings. The topological polar surface area (TPSA) is 86.8 Å². The Hall–Kier alpha value is -3.07. The minimum absolute atomic E-state index is 0.00209. The number of benzene rings is 3. The number of sulfonamides is 1. The Labute approximate surface area is 246 Å². The molecule has 0 bridgehead atoms. The summed E-state index contributed by atoms with van der Waals surface area (Å²) < 4.78 is 28.6. The Kier molecular flexibility index (Phi) is 10.1. The first kappa shape index (κ1) is 29.9. The van der Waals surface area contributed by atoms with Crippen molar-refractivity contribution in [3.05, 3.63) is 94.5 Å². The molecular weight excluding hydrogens is 569 g/mol. The lowest BCUT2D eigenvalue weighted by atomic mass is 9.95. The predicted octanol–water partition coefficient (Wildman–Crippen LogP) is 6.05. The number of nitrogens with zero attached hydrogens (tertiary/aromatic N) is 2. The SMILES string of the molecule is C[C@H](C(=O)NC1CCCCC1)N(Cc1ccc(Cl)cc1Cl)C(=O)CN(c1ccccc1)S(=O)(=O)c1ccccc1. The summed E-state index contributed by atoms with van der Waals surface area (Å²) >= 11 is 12.5. The number of amides is 2. The number of nitrogens with one attached hydrogen (secondary N) is 1. The Balaban J connectivity index is 1.66. The molecule has 0 unspecified atom stereocenters. The average molecular weight is 603 g/mol. The molecule has 4 rings (SSSR count). The van der Waals surface area contributed by atoms with Crippen molar-refractivity contribution in [3.63, 3.8) is 0 Å². The highest BCUT2D eigenvalue weighted by Gasteiger charge is 2.33. The Morgan fingerprint density at radius 1 is 0.925 bits per heavy atom. The number of anilines is 1. The van der Waals surface area contributed by atoms with Gasteiger partial charge >= 0.3 is 0 Å². The van der Waals surface area contributed by atoms with E-state index in [1.165, 1.54) is 17.0 Å². The zero-order valence-corrected chi connectivity index (χ0v) is 24.6. The van der Waals surface area contributed by atoms with Gasteiger partial charge < -0.3 is 10.2 Å². The molecule has 0 heterocycles. The van der Waals surface area contributed by atoms with Crippen LogP contribution in [0.4, 0.5) is 5.69 Å². The second kappa shape index (κ2) is 13.5. The summed E-state index contributed by atoms with van der Waals surface area (Å²) in [5.41, 5.74) is 0.928. The average Bonchev–Trinajstić information content (AvgIpc) is 2.96. The van der Waals surface area contributed by atoms with Crippen molar-refractivity contribution >= 4 is 50.7 Å². The predicted molar refractivity (Wildman–Crippen MR) is 159 cm³/mol. The molecule has 1 N–H and O–H groups in total. The molecule has 0 radical (unpaired) electrons. The van der Waals surface area contributed by atoms with E-state index in [-0.39, 0.29) is 23.4 Å². The first-order chi connectivity index (χ1) is 19.2. The zero-order valence-electron chi connectivity index (χ0n) is 22.3. The Morgan fingerprint density at radius 2 is 1.55 bits per heavy atom. The number of carbonyl (C=O) groups excluding carboxylic acids is 2. The van der Waals surface area contributed by atoms with Crippen LogP contribution in [0.5, 0.6) is 0 Å². The summed E-state index contributed by atoms with van der Waals surface area (Å²) in [6, 6.07) is 20.5. The van der Waals surface area contributed by atoms with Crippen LogP contribution in [-0.2, 0) is 26.2 Å². The smallest absolute Gasteiger partial charge is 0.264 e. The number of hydrogen-bond acceptors (Lipinski definition) is 4. The lowest BCUT2D eigenvalue weighted by Crippen LogP contribution is -2.53. The molecule has 7 nitrogen and oxygen atoms in total. The Bertz CT molecular complexity index is 1420. The van der Waals surface area contributed by atoms with Gasteiger partial charge in [0.05, 0.1) is 10.6 Å². The van der Waals surface area contributed by atoms with Crippen LogP contribution >= 0.6 is 23.2 Å². The second-order valence-electron chi connectivity index (χ2n) is 9.94. The molecule has 1 aliphatic carbocycles. The van der Waals surface area contributed by atoms with Crippen LogP contribution in [0.2, 0.25) is 10.0 Å². The minimum atomic E-state index is -4.10. The van der Waals surface area contributed by atoms with E-state index in [4.69, 9.17) is 23.2 Å². The van der Waals surface area contributed by atoms with Crippen molar-refractivity contribution in [3.8, 4) is 0 Å². The van der Waals surface area contributed by atoms with Crippen molar-refractivity contribution in [2.45, 2.75) is 62.6 Å². The molecule has 10 heteroatoms. The van der Waals surface area contributed by atoms with Crippen LogP contribution in [-0.4, -0.2) is 43.8 Å². The van der Waals surface area contributed by atoms with E-state index >= 15 is 0 Å². The summed E-state index contributed by atoms with van der Waals surface area (Å²) in [5.74, 6) is -0.830. The molecule has 1 saturated carbocycles. The van der Waals surface area contributed by atoms with E-state index in [2.05, 4.69) is 5.32 Å². The Morgan fingerprint density at radius 3 is 2.17 bits per heavy atom. The van der Waals surface area contributed by atoms with E-state index in [9.17, 15) is 18.0 Å². The van der Waals surface area contributed by atoms with E-state index in [1.807, 2.05) is 0 Å². The molecule has 212 valence electrons. The number of hydrogen-bond donors (Lipinski definition) is 1. The maximum absolute atomic E-state index is 14.0. The summed E-state index contributed by atoms with van der Waals surface area (Å²) in [5, 5.41) is 3.88. The van der Waals surface area contributed by atoms with Crippen LogP contribution in [0.25, 0.3) is 0 Å². The molecule has 1 aliphatic rings. The number of rotatable bonds is 10. The molecule has 0 saturated heterocycles. The normalized spacial score (nSPS) is 14.8. The summed E-state index contributed by atoms with van der Waals surface area (Å²) in [7, 11) is -4.10. The van der Waals surface area contributed by atoms with Gasteiger partial charge in [-0.05, 0) is 61.7 Å². The fourth-order valence-electron chi connectivity index (χ4n) is 4.83. The van der Waals surface area contributed by atoms with Gasteiger partial charge in [-0.15, -0.1) is 0 Å². The maximum Gasteiger partial charge on any atom is 0.264 e. The molecule has 0 aromatic heterocycles. The standard InChI is InChI=1S/C30H33Cl2N3O4S/c1-22(30(37)33-25-11-5-2-6-12-25)34(20-23-17-18-24(31)19-28(23)32)29(36)21-35(26-13-7-3-8-14-26)40(38,39)27-15-9-4-10-16-27/h3-4,7-10,13-19,22,25H,2,5-6,11-12,20-21H2,1H3,(H,33,37)/t22-/m1/s1. The molecular formula is C30H33Cl2N3O4S. The molecule has 0 spiro atoms. The van der Waals surface area contributed by atoms with Crippen LogP contribution in [0, 0.1) is 0 Å². The number of carbonyl (C=O) groups is 2. The second-order valence-corrected chi connectivity index (χ2v) is 12.6. The summed E-state index contributed by atoms with van der Waals surface area (Å²) in [4.78, 5) is 28.8. The van der Waals surface area contributed by atoms with Gasteiger partial charge in [-0.1, -0.05) is 84.9 Å². The van der Waals surface area contributed by atoms with Gasteiger partial charge in [-0.25, -0.2) is 8.42 Å². The number of halogens is 2. The third-order valence-corrected chi connectivity index (χ3v) is 9.50. The van der Waals surface area contributed by atoms with Gasteiger partial charge in [-0.2, -0.15) is 0 Å². The van der Waals surface area contributed by atoms with Gasteiger partial charge in [0.1, 0.15) is 12.6 Å². The van der Waals surface area contributed by atoms with E-state index < -0.39 is 28.5 Å². The van der Waals surface area contributed by atoms with Crippen LogP contribution in [0.15, 0.2) is 83.8 Å². The van der Waals surface area contributed by atoms with Gasteiger partial charge in [0, 0.05) is 22.6 Å². The maximum atomic E-state index is 14.0. The lowest BCUT2D eigenvalue weighted by molar-refractivity contribution is -0.139. The van der Waals surface area contributed by atoms with E-state index in [0.717, 1.165) is 36.4 Å². The lowest BCUT2D eigenvalue weighted by Gasteiger charge is -2.33. The van der Waals surface area contributed by atoms with Gasteiger partial charge in [-0.3, -0.25) is 13.9 Å². The third kappa shape index (κ3) is 7.36. The molecule has 40 heavy (non-hydrogen) atoms. The highest BCUT2D eigenvalue weighted by Crippen LogP contribution is 2.26. The van der Waals surface area contributed by atoms with E-state index in [1.54, 1.807) is 73.7 Å². The van der Waals surface area contributed by atoms with Crippen molar-refractivity contribution in [1.29, 1.82) is 0 Å². The fraction of sp³-hybridized carbons (Fsp3) is 0.333. The highest BCUT2D eigenvalue weighted by molar-refractivity contribution is 7.92. The summed E-state index contributed by atoms with van der Waals surface area (Å²) in [6.07, 6.45) is 5.03. The monoisotopic (exact) mass is 601 g/mol. The first-order valence-corrected chi connectivity index (χ1v) is 15.5. The van der Waals surface area contributed by atoms with Crippen LogP contribution < -0.4 is 9.62 Å². The highest BCUT2D eigenvalue weighted by atomic mass is 35.5. The molecule has 0 aliphatic heterocycles. The molecule has 3 aromatic carbocycles. The first-order valence-electron chi connectivity index (χ1n) is 13.3. The number of para-hydroxylation sites is 1. The van der Waals surface area contributed by atoms with Gasteiger partial charge in [0.15, 0.2) is 0 Å². The minimum Gasteiger partial charge on any atom is -0.352 e. The largest absolute Gasteiger partial charge is 0.352 e. The van der Waals surface area contributed by atoms with Crippen LogP contribution in [0.1, 0.15) is 44.6 Å². The van der Waals surface area contributed by atoms with Crippen molar-refractivity contribution in [2.75, 3.05) is 10.8 Å². The third-order valence-electron chi connectivity index (χ3n) is 7.13. The van der Waals surface area contributed by atoms with Gasteiger partial charge in [0.25, 0.3) is 10.0 Å². The zero-order chi connectivity index (χ0) is 28.7. The summed E-state index contributed by atoms with van der Waals surface area (Å²) in [6.45, 7) is 1.15. The molecule has 1 atom stereocenters. The van der Waals surface area contributed by atoms with Crippen molar-refractivity contribution in [2.24, 2.45) is 0 Å². The quantitative estimate of drug-likeness (QED) is 0.306. The molecule has 1 fully saturated rings. The van der Waals surface area contributed by atoms with Crippen molar-refractivity contribution in [1.82, 2.24) is 10.2 Å². The fourth-order valence-corrected chi connectivity index (χ4v) is 6.73. The van der Waals surface area contributed by atoms with Gasteiger partial charge in [0.2, 0.25) is 11.8 Å². The van der Waals surface area contributed by atoms with Crippen LogP contribution in [0.3, 0.4) is 0 Å². The van der Waals surface area contributed by atoms with E-state index in [0.29, 0.717) is 21.3 Å². The molecule has 2 amide bonds.